The molecule has 0 unspecified atom stereocenters. The number of anilines is 1. The average Bonchev–Trinajstić information content (AvgIpc) is 2.78. The molecule has 0 bridgehead atoms. The van der Waals surface area contributed by atoms with Gasteiger partial charge in [-0.15, -0.1) is 0 Å². The molecule has 6 nitrogen and oxygen atoms in total. The lowest BCUT2D eigenvalue weighted by atomic mass is 10.2. The molecule has 0 aliphatic carbocycles. The summed E-state index contributed by atoms with van der Waals surface area (Å²) in [6.07, 6.45) is 1.46. The highest BCUT2D eigenvalue weighted by atomic mass is 35.5. The second kappa shape index (κ2) is 6.58. The van der Waals surface area contributed by atoms with Gasteiger partial charge in [0.05, 0.1) is 16.3 Å². The van der Waals surface area contributed by atoms with Crippen LogP contribution in [0.15, 0.2) is 16.8 Å². The van der Waals surface area contributed by atoms with Crippen molar-refractivity contribution in [1.29, 1.82) is 0 Å². The standard InChI is InChI=1S/C14H17ClN4O2/c1-4-16-13-5-10(12(15)7-17-13)14(20)18-6-11-8(2)19-21-9(11)3/h5,7H,4,6H2,1-3H3,(H,16,17)(H,18,20). The van der Waals surface area contributed by atoms with E-state index in [1.807, 2.05) is 20.8 Å². The van der Waals surface area contributed by atoms with Crippen molar-refractivity contribution in [2.75, 3.05) is 11.9 Å². The van der Waals surface area contributed by atoms with Gasteiger partial charge in [0.15, 0.2) is 0 Å². The number of amides is 1. The molecule has 0 spiro atoms. The minimum Gasteiger partial charge on any atom is -0.370 e. The Kier molecular flexibility index (Phi) is 4.80. The van der Waals surface area contributed by atoms with E-state index < -0.39 is 0 Å². The van der Waals surface area contributed by atoms with Crippen molar-refractivity contribution < 1.29 is 9.32 Å². The van der Waals surface area contributed by atoms with E-state index in [2.05, 4.69) is 20.8 Å². The van der Waals surface area contributed by atoms with Crippen LogP contribution in [0.25, 0.3) is 0 Å². The van der Waals surface area contributed by atoms with Crippen molar-refractivity contribution in [3.05, 3.63) is 39.9 Å². The molecule has 0 aromatic carbocycles. The summed E-state index contributed by atoms with van der Waals surface area (Å²) in [6, 6.07) is 1.63. The summed E-state index contributed by atoms with van der Waals surface area (Å²) in [4.78, 5) is 16.3. The first-order valence-corrected chi connectivity index (χ1v) is 7.00. The van der Waals surface area contributed by atoms with E-state index in [0.29, 0.717) is 28.7 Å². The highest BCUT2D eigenvalue weighted by Gasteiger charge is 2.14. The van der Waals surface area contributed by atoms with E-state index in [4.69, 9.17) is 16.1 Å². The van der Waals surface area contributed by atoms with Crippen molar-refractivity contribution in [1.82, 2.24) is 15.5 Å². The molecule has 2 aromatic rings. The third kappa shape index (κ3) is 3.52. The molecule has 2 heterocycles. The normalized spacial score (nSPS) is 10.5. The Hall–Kier alpha value is -2.08. The van der Waals surface area contributed by atoms with Gasteiger partial charge in [0.1, 0.15) is 11.6 Å². The molecule has 2 aromatic heterocycles. The number of pyridine rings is 1. The quantitative estimate of drug-likeness (QED) is 0.887. The second-order valence-corrected chi connectivity index (χ2v) is 4.97. The number of halogens is 1. The first-order valence-electron chi connectivity index (χ1n) is 6.62. The van der Waals surface area contributed by atoms with E-state index in [1.54, 1.807) is 6.07 Å². The number of carbonyl (C=O) groups is 1. The summed E-state index contributed by atoms with van der Waals surface area (Å²) in [7, 11) is 0. The summed E-state index contributed by atoms with van der Waals surface area (Å²) >= 11 is 6.03. The zero-order chi connectivity index (χ0) is 15.4. The molecule has 0 atom stereocenters. The topological polar surface area (TPSA) is 80.0 Å². The van der Waals surface area contributed by atoms with Crippen LogP contribution >= 0.6 is 11.6 Å². The van der Waals surface area contributed by atoms with Crippen LogP contribution in [0.3, 0.4) is 0 Å². The SMILES string of the molecule is CCNc1cc(C(=O)NCc2c(C)noc2C)c(Cl)cn1. The maximum Gasteiger partial charge on any atom is 0.253 e. The Bertz CT molecular complexity index is 635. The zero-order valence-electron chi connectivity index (χ0n) is 12.2. The molecule has 0 radical (unpaired) electrons. The molecule has 0 saturated carbocycles. The lowest BCUT2D eigenvalue weighted by Crippen LogP contribution is -2.24. The summed E-state index contributed by atoms with van der Waals surface area (Å²) < 4.78 is 5.06. The van der Waals surface area contributed by atoms with Gasteiger partial charge in [0.2, 0.25) is 0 Å². The van der Waals surface area contributed by atoms with E-state index in [1.165, 1.54) is 6.20 Å². The molecule has 0 fully saturated rings. The van der Waals surface area contributed by atoms with Gasteiger partial charge in [-0.3, -0.25) is 4.79 Å². The summed E-state index contributed by atoms with van der Waals surface area (Å²) in [6.45, 7) is 6.66. The average molecular weight is 309 g/mol. The van der Waals surface area contributed by atoms with E-state index in [-0.39, 0.29) is 5.91 Å². The Morgan fingerprint density at radius 2 is 2.19 bits per heavy atom. The lowest BCUT2D eigenvalue weighted by molar-refractivity contribution is 0.0951. The van der Waals surface area contributed by atoms with E-state index in [9.17, 15) is 4.79 Å². The molecule has 0 aliphatic rings. The number of nitrogens with zero attached hydrogens (tertiary/aromatic N) is 2. The van der Waals surface area contributed by atoms with Gasteiger partial charge >= 0.3 is 0 Å². The highest BCUT2D eigenvalue weighted by Crippen LogP contribution is 2.18. The predicted octanol–water partition coefficient (Wildman–Crippen LogP) is 2.70. The highest BCUT2D eigenvalue weighted by molar-refractivity contribution is 6.33. The predicted molar refractivity (Wildman–Crippen MR) is 80.6 cm³/mol. The minimum absolute atomic E-state index is 0.262. The van der Waals surface area contributed by atoms with Crippen LogP contribution in [0.5, 0.6) is 0 Å². The minimum atomic E-state index is -0.262. The van der Waals surface area contributed by atoms with Crippen molar-refractivity contribution >= 4 is 23.3 Å². The second-order valence-electron chi connectivity index (χ2n) is 4.57. The number of aryl methyl sites for hydroxylation is 2. The molecular formula is C14H17ClN4O2. The van der Waals surface area contributed by atoms with Crippen molar-refractivity contribution in [3.8, 4) is 0 Å². The maximum atomic E-state index is 12.2. The van der Waals surface area contributed by atoms with Crippen LogP contribution in [0, 0.1) is 13.8 Å². The van der Waals surface area contributed by atoms with Crippen molar-refractivity contribution in [2.45, 2.75) is 27.3 Å². The molecule has 7 heteroatoms. The third-order valence-corrected chi connectivity index (χ3v) is 3.37. The fourth-order valence-corrected chi connectivity index (χ4v) is 2.10. The number of hydrogen-bond acceptors (Lipinski definition) is 5. The molecule has 0 saturated heterocycles. The van der Waals surface area contributed by atoms with Gasteiger partial charge in [-0.1, -0.05) is 16.8 Å². The number of carbonyl (C=O) groups excluding carboxylic acids is 1. The van der Waals surface area contributed by atoms with Gasteiger partial charge in [0.25, 0.3) is 5.91 Å². The lowest BCUT2D eigenvalue weighted by Gasteiger charge is -2.08. The molecule has 2 N–H and O–H groups in total. The van der Waals surface area contributed by atoms with Crippen LogP contribution in [0.2, 0.25) is 5.02 Å². The Balaban J connectivity index is 2.11. The first-order chi connectivity index (χ1) is 10.0. The monoisotopic (exact) mass is 308 g/mol. The number of hydrogen-bond donors (Lipinski definition) is 2. The first kappa shape index (κ1) is 15.3. The van der Waals surface area contributed by atoms with Gasteiger partial charge in [0, 0.05) is 24.8 Å². The smallest absolute Gasteiger partial charge is 0.253 e. The maximum absolute atomic E-state index is 12.2. The Morgan fingerprint density at radius 1 is 1.43 bits per heavy atom. The summed E-state index contributed by atoms with van der Waals surface area (Å²) in [5.41, 5.74) is 2.02. The van der Waals surface area contributed by atoms with Crippen LogP contribution in [0.4, 0.5) is 5.82 Å². The summed E-state index contributed by atoms with van der Waals surface area (Å²) in [5.74, 6) is 1.05. The third-order valence-electron chi connectivity index (χ3n) is 3.06. The van der Waals surface area contributed by atoms with Crippen LogP contribution < -0.4 is 10.6 Å². The molecule has 2 rings (SSSR count). The van der Waals surface area contributed by atoms with Gasteiger partial charge in [-0.05, 0) is 26.8 Å². The van der Waals surface area contributed by atoms with Gasteiger partial charge in [-0.25, -0.2) is 4.98 Å². The zero-order valence-corrected chi connectivity index (χ0v) is 12.9. The molecule has 0 aliphatic heterocycles. The fourth-order valence-electron chi connectivity index (χ4n) is 1.91. The molecule has 1 amide bonds. The largest absolute Gasteiger partial charge is 0.370 e. The number of rotatable bonds is 5. The van der Waals surface area contributed by atoms with Gasteiger partial charge < -0.3 is 15.2 Å². The fraction of sp³-hybridized carbons (Fsp3) is 0.357. The van der Waals surface area contributed by atoms with Crippen LogP contribution in [-0.2, 0) is 6.54 Å². The Labute approximate surface area is 127 Å². The van der Waals surface area contributed by atoms with Crippen molar-refractivity contribution in [3.63, 3.8) is 0 Å². The van der Waals surface area contributed by atoms with Gasteiger partial charge in [-0.2, -0.15) is 0 Å². The van der Waals surface area contributed by atoms with E-state index >= 15 is 0 Å². The number of aromatic nitrogens is 2. The summed E-state index contributed by atoms with van der Waals surface area (Å²) in [5, 5.41) is 10.0. The van der Waals surface area contributed by atoms with Crippen LogP contribution in [0.1, 0.15) is 34.3 Å². The van der Waals surface area contributed by atoms with Crippen molar-refractivity contribution in [2.24, 2.45) is 0 Å². The number of nitrogens with one attached hydrogen (secondary N) is 2. The van der Waals surface area contributed by atoms with Crippen LogP contribution in [-0.4, -0.2) is 22.6 Å². The molecular weight excluding hydrogens is 292 g/mol. The molecule has 112 valence electrons. The van der Waals surface area contributed by atoms with E-state index in [0.717, 1.165) is 17.8 Å². The molecule has 21 heavy (non-hydrogen) atoms. The Morgan fingerprint density at radius 3 is 2.81 bits per heavy atom.